The molecule has 0 atom stereocenters. The van der Waals surface area contributed by atoms with Gasteiger partial charge in [0.1, 0.15) is 17.0 Å². The van der Waals surface area contributed by atoms with Gasteiger partial charge in [0.2, 0.25) is 11.8 Å². The van der Waals surface area contributed by atoms with Crippen molar-refractivity contribution in [2.75, 3.05) is 18.9 Å². The summed E-state index contributed by atoms with van der Waals surface area (Å²) >= 11 is 3.23. The Balaban J connectivity index is 1.68. The van der Waals surface area contributed by atoms with Crippen LogP contribution in [0.25, 0.3) is 10.9 Å². The topological polar surface area (TPSA) is 123 Å². The highest BCUT2D eigenvalue weighted by molar-refractivity contribution is 9.10. The number of rotatable bonds is 6. The summed E-state index contributed by atoms with van der Waals surface area (Å²) in [6.07, 6.45) is 0. The molecule has 0 saturated carbocycles. The number of anilines is 1. The molecule has 0 fully saturated rings. The number of nitrogens with zero attached hydrogens (tertiary/aromatic N) is 4. The van der Waals surface area contributed by atoms with Crippen molar-refractivity contribution >= 4 is 50.4 Å². The highest BCUT2D eigenvalue weighted by atomic mass is 79.9. The highest BCUT2D eigenvalue weighted by Crippen LogP contribution is 2.18. The second-order valence-electron chi connectivity index (χ2n) is 6.03. The Morgan fingerprint density at radius 1 is 1.18 bits per heavy atom. The number of fused-ring (bicyclic) bond motifs is 1. The third kappa shape index (κ3) is 4.34. The van der Waals surface area contributed by atoms with E-state index in [1.807, 2.05) is 0 Å². The molecule has 0 radical (unpaired) electrons. The summed E-state index contributed by atoms with van der Waals surface area (Å²) in [5.74, 6) is -1.02. The van der Waals surface area contributed by atoms with Crippen molar-refractivity contribution < 1.29 is 14.4 Å². The van der Waals surface area contributed by atoms with Crippen LogP contribution in [0.2, 0.25) is 0 Å². The number of carbonyl (C=O) groups excluding carboxylic acids is 3. The van der Waals surface area contributed by atoms with Gasteiger partial charge in [-0.3, -0.25) is 19.1 Å². The quantitative estimate of drug-likeness (QED) is 0.555. The largest absolute Gasteiger partial charge is 0.364 e. The van der Waals surface area contributed by atoms with Crippen LogP contribution in [0, 0.1) is 0 Å². The summed E-state index contributed by atoms with van der Waals surface area (Å²) in [7, 11) is 1.51. The summed E-state index contributed by atoms with van der Waals surface area (Å²) in [5, 5.41) is 7.34. The van der Waals surface area contributed by atoms with E-state index in [4.69, 9.17) is 5.73 Å². The molecule has 3 N–H and O–H groups in total. The summed E-state index contributed by atoms with van der Waals surface area (Å²) in [4.78, 5) is 41.6. The van der Waals surface area contributed by atoms with Crippen LogP contribution in [0.5, 0.6) is 0 Å². The van der Waals surface area contributed by atoms with Gasteiger partial charge in [0.15, 0.2) is 5.69 Å². The summed E-state index contributed by atoms with van der Waals surface area (Å²) in [5.41, 5.74) is 6.07. The normalized spacial score (nSPS) is 10.6. The molecule has 3 amide bonds. The molecule has 3 rings (SSSR count). The number of para-hydroxylation sites is 1. The summed E-state index contributed by atoms with van der Waals surface area (Å²) < 4.78 is 1.99. The van der Waals surface area contributed by atoms with E-state index < -0.39 is 5.91 Å². The first-order valence-electron chi connectivity index (χ1n) is 8.27. The van der Waals surface area contributed by atoms with Crippen LogP contribution in [-0.2, 0) is 16.1 Å². The van der Waals surface area contributed by atoms with E-state index in [2.05, 4.69) is 31.3 Å². The van der Waals surface area contributed by atoms with Crippen molar-refractivity contribution in [1.29, 1.82) is 0 Å². The lowest BCUT2D eigenvalue weighted by molar-refractivity contribution is -0.133. The Labute approximate surface area is 168 Å². The summed E-state index contributed by atoms with van der Waals surface area (Å²) in [6.45, 7) is -0.290. The zero-order valence-corrected chi connectivity index (χ0v) is 16.5. The monoisotopic (exact) mass is 444 g/mol. The van der Waals surface area contributed by atoms with E-state index in [1.165, 1.54) is 16.6 Å². The average molecular weight is 445 g/mol. The smallest absolute Gasteiger partial charge is 0.269 e. The fourth-order valence-corrected chi connectivity index (χ4v) is 2.99. The standard InChI is InChI=1S/C18H17BrN6O3/c1-24(9-15(26)22-14-8-4-7-13(19)21-14)16(27)10-25-12-6-3-2-5-11(12)17(23-25)18(20)28/h2-8H,9-10H2,1H3,(H2,20,28)(H,21,22,26). The lowest BCUT2D eigenvalue weighted by atomic mass is 10.2. The first-order chi connectivity index (χ1) is 13.3. The zero-order valence-electron chi connectivity index (χ0n) is 14.9. The molecule has 0 unspecified atom stereocenters. The molecule has 144 valence electrons. The average Bonchev–Trinajstić information content (AvgIpc) is 3.00. The number of nitrogens with one attached hydrogen (secondary N) is 1. The second kappa shape index (κ2) is 8.17. The van der Waals surface area contributed by atoms with Crippen molar-refractivity contribution in [3.05, 3.63) is 52.8 Å². The Bertz CT molecular complexity index is 1060. The number of likely N-dealkylation sites (N-methyl/N-ethyl adjacent to an activating group) is 1. The van der Waals surface area contributed by atoms with Crippen molar-refractivity contribution in [3.8, 4) is 0 Å². The van der Waals surface area contributed by atoms with Gasteiger partial charge in [-0.15, -0.1) is 0 Å². The Kier molecular flexibility index (Phi) is 5.69. The molecule has 0 spiro atoms. The molecule has 28 heavy (non-hydrogen) atoms. The van der Waals surface area contributed by atoms with E-state index in [9.17, 15) is 14.4 Å². The lowest BCUT2D eigenvalue weighted by Crippen LogP contribution is -2.37. The van der Waals surface area contributed by atoms with Gasteiger partial charge in [-0.05, 0) is 34.1 Å². The molecule has 3 aromatic rings. The number of hydrogen-bond acceptors (Lipinski definition) is 5. The molecule has 1 aromatic carbocycles. The van der Waals surface area contributed by atoms with E-state index in [-0.39, 0.29) is 30.6 Å². The van der Waals surface area contributed by atoms with Gasteiger partial charge >= 0.3 is 0 Å². The zero-order chi connectivity index (χ0) is 20.3. The molecule has 0 saturated heterocycles. The predicted octanol–water partition coefficient (Wildman–Crippen LogP) is 1.39. The van der Waals surface area contributed by atoms with Crippen LogP contribution >= 0.6 is 15.9 Å². The fraction of sp³-hybridized carbons (Fsp3) is 0.167. The van der Waals surface area contributed by atoms with Gasteiger partial charge in [-0.2, -0.15) is 5.10 Å². The maximum atomic E-state index is 12.5. The van der Waals surface area contributed by atoms with Crippen LogP contribution in [0.3, 0.4) is 0 Å². The van der Waals surface area contributed by atoms with E-state index in [0.29, 0.717) is 21.3 Å². The van der Waals surface area contributed by atoms with Crippen LogP contribution in [0.4, 0.5) is 5.82 Å². The minimum atomic E-state index is -0.670. The molecular weight excluding hydrogens is 428 g/mol. The number of carbonyl (C=O) groups is 3. The van der Waals surface area contributed by atoms with Crippen molar-refractivity contribution in [2.24, 2.45) is 5.73 Å². The lowest BCUT2D eigenvalue weighted by Gasteiger charge is -2.17. The number of aromatic nitrogens is 3. The minimum absolute atomic E-state index is 0.101. The summed E-state index contributed by atoms with van der Waals surface area (Å²) in [6, 6.07) is 12.1. The van der Waals surface area contributed by atoms with Crippen LogP contribution in [0.15, 0.2) is 47.1 Å². The first kappa shape index (κ1) is 19.5. The van der Waals surface area contributed by atoms with Gasteiger partial charge in [-0.25, -0.2) is 4.98 Å². The van der Waals surface area contributed by atoms with Crippen LogP contribution < -0.4 is 11.1 Å². The van der Waals surface area contributed by atoms with Crippen LogP contribution in [0.1, 0.15) is 10.5 Å². The number of halogens is 1. The minimum Gasteiger partial charge on any atom is -0.364 e. The molecule has 0 aliphatic carbocycles. The van der Waals surface area contributed by atoms with Crippen molar-refractivity contribution in [3.63, 3.8) is 0 Å². The van der Waals surface area contributed by atoms with E-state index in [0.717, 1.165) is 0 Å². The number of amides is 3. The van der Waals surface area contributed by atoms with E-state index >= 15 is 0 Å². The molecule has 2 aromatic heterocycles. The first-order valence-corrected chi connectivity index (χ1v) is 9.06. The van der Waals surface area contributed by atoms with Gasteiger partial charge in [0.05, 0.1) is 12.1 Å². The van der Waals surface area contributed by atoms with Crippen molar-refractivity contribution in [2.45, 2.75) is 6.54 Å². The molecule has 2 heterocycles. The third-order valence-electron chi connectivity index (χ3n) is 3.97. The van der Waals surface area contributed by atoms with Crippen molar-refractivity contribution in [1.82, 2.24) is 19.7 Å². The fourth-order valence-electron chi connectivity index (χ4n) is 2.64. The molecule has 9 nitrogen and oxygen atoms in total. The van der Waals surface area contributed by atoms with E-state index in [1.54, 1.807) is 42.5 Å². The number of benzene rings is 1. The second-order valence-corrected chi connectivity index (χ2v) is 6.84. The van der Waals surface area contributed by atoms with Gasteiger partial charge in [0, 0.05) is 12.4 Å². The molecule has 0 aliphatic rings. The Hall–Kier alpha value is -3.27. The molecule has 0 aliphatic heterocycles. The number of primary amides is 1. The number of hydrogen-bond donors (Lipinski definition) is 2. The molecule has 0 bridgehead atoms. The Morgan fingerprint density at radius 3 is 2.64 bits per heavy atom. The maximum absolute atomic E-state index is 12.5. The predicted molar refractivity (Wildman–Crippen MR) is 106 cm³/mol. The highest BCUT2D eigenvalue weighted by Gasteiger charge is 2.19. The third-order valence-corrected chi connectivity index (χ3v) is 4.41. The van der Waals surface area contributed by atoms with Crippen LogP contribution in [-0.4, -0.2) is 51.0 Å². The van der Waals surface area contributed by atoms with Gasteiger partial charge in [0.25, 0.3) is 5.91 Å². The molecule has 10 heteroatoms. The number of pyridine rings is 1. The van der Waals surface area contributed by atoms with Gasteiger partial charge < -0.3 is 16.0 Å². The Morgan fingerprint density at radius 2 is 1.93 bits per heavy atom. The van der Waals surface area contributed by atoms with Gasteiger partial charge in [-0.1, -0.05) is 24.3 Å². The SMILES string of the molecule is CN(CC(=O)Nc1cccc(Br)n1)C(=O)Cn1nc(C(N)=O)c2ccccc21. The maximum Gasteiger partial charge on any atom is 0.269 e. The number of nitrogens with two attached hydrogens (primary N) is 1. The molecular formula is C18H17BrN6O3.